The Morgan fingerprint density at radius 2 is 1.92 bits per heavy atom. The van der Waals surface area contributed by atoms with Crippen molar-refractivity contribution in [3.63, 3.8) is 0 Å². The molecule has 2 rings (SSSR count). The lowest BCUT2D eigenvalue weighted by Crippen LogP contribution is -2.24. The number of rotatable bonds is 13. The van der Waals surface area contributed by atoms with Crippen molar-refractivity contribution in [3.8, 4) is 11.9 Å². The third-order valence-electron chi connectivity index (χ3n) is 6.04. The number of hydrogen-bond acceptors (Lipinski definition) is 9. The van der Waals surface area contributed by atoms with Crippen LogP contribution in [0.3, 0.4) is 0 Å². The molecule has 0 saturated carbocycles. The number of nitrogens with zero attached hydrogens (tertiary/aromatic N) is 4. The highest BCUT2D eigenvalue weighted by Crippen LogP contribution is 2.28. The monoisotopic (exact) mass is 522 g/mol. The Bertz CT molecular complexity index is 1310. The minimum Gasteiger partial charge on any atom is -0.493 e. The van der Waals surface area contributed by atoms with Gasteiger partial charge in [-0.1, -0.05) is 51.8 Å². The molecule has 1 atom stereocenters. The Morgan fingerprint density at radius 1 is 1.21 bits per heavy atom. The molecule has 0 saturated heterocycles. The van der Waals surface area contributed by atoms with E-state index in [1.807, 2.05) is 6.07 Å². The lowest BCUT2D eigenvalue weighted by atomic mass is 10.0. The quantitative estimate of drug-likeness (QED) is 0.204. The lowest BCUT2D eigenvalue weighted by molar-refractivity contribution is -0.139. The summed E-state index contributed by atoms with van der Waals surface area (Å²) < 4.78 is 11.4. The van der Waals surface area contributed by atoms with Crippen LogP contribution in [0.4, 0.5) is 11.4 Å². The smallest absolute Gasteiger partial charge is 0.340 e. The molecule has 1 unspecified atom stereocenters. The summed E-state index contributed by atoms with van der Waals surface area (Å²) in [7, 11) is 0. The van der Waals surface area contributed by atoms with E-state index in [0.717, 1.165) is 30.3 Å². The molecule has 0 radical (unpaired) electrons. The summed E-state index contributed by atoms with van der Waals surface area (Å²) in [4.78, 5) is 37.6. The highest BCUT2D eigenvalue weighted by Gasteiger charge is 2.20. The Kier molecular flexibility index (Phi) is 11.4. The number of carbonyl (C=O) groups excluding carboxylic acids is 2. The van der Waals surface area contributed by atoms with Gasteiger partial charge in [0, 0.05) is 11.1 Å². The number of nitriles is 1. The maximum Gasteiger partial charge on any atom is 0.340 e. The second-order valence-corrected chi connectivity index (χ2v) is 8.89. The van der Waals surface area contributed by atoms with Crippen LogP contribution >= 0.6 is 0 Å². The van der Waals surface area contributed by atoms with Crippen LogP contribution in [0, 0.1) is 24.2 Å². The predicted octanol–water partition coefficient (Wildman–Crippen LogP) is 5.64. The van der Waals surface area contributed by atoms with Crippen molar-refractivity contribution in [3.05, 3.63) is 63.5 Å². The zero-order valence-electron chi connectivity index (χ0n) is 22.3. The SMILES string of the molecule is C=C(C)C(=O)OCCn1c(O)c(C#N)c(C)c(N=Nc2ccccc2C(=O)OCC(CC)CCCC)c1=O. The molecule has 0 aliphatic carbocycles. The Hall–Kier alpha value is -4.26. The van der Waals surface area contributed by atoms with E-state index < -0.39 is 23.4 Å². The molecule has 0 amide bonds. The average Bonchev–Trinajstić information content (AvgIpc) is 2.90. The molecule has 1 heterocycles. The number of ether oxygens (including phenoxy) is 2. The molecule has 0 aliphatic heterocycles. The second kappa shape index (κ2) is 14.5. The van der Waals surface area contributed by atoms with Gasteiger partial charge in [0.15, 0.2) is 5.69 Å². The van der Waals surface area contributed by atoms with Crippen LogP contribution in [0.2, 0.25) is 0 Å². The van der Waals surface area contributed by atoms with Crippen molar-refractivity contribution in [1.29, 1.82) is 5.26 Å². The van der Waals surface area contributed by atoms with Gasteiger partial charge in [-0.05, 0) is 38.3 Å². The van der Waals surface area contributed by atoms with E-state index in [4.69, 9.17) is 9.47 Å². The maximum absolute atomic E-state index is 13.1. The van der Waals surface area contributed by atoms with Gasteiger partial charge in [-0.15, -0.1) is 10.2 Å². The molecule has 1 N–H and O–H groups in total. The van der Waals surface area contributed by atoms with E-state index in [-0.39, 0.29) is 52.7 Å². The highest BCUT2D eigenvalue weighted by atomic mass is 16.5. The number of hydrogen-bond donors (Lipinski definition) is 1. The van der Waals surface area contributed by atoms with E-state index in [1.165, 1.54) is 13.8 Å². The largest absolute Gasteiger partial charge is 0.493 e. The molecule has 38 heavy (non-hydrogen) atoms. The third-order valence-corrected chi connectivity index (χ3v) is 6.04. The van der Waals surface area contributed by atoms with Crippen molar-refractivity contribution in [1.82, 2.24) is 4.57 Å². The number of esters is 2. The van der Waals surface area contributed by atoms with E-state index in [2.05, 4.69) is 30.7 Å². The minimum atomic E-state index is -0.740. The molecule has 1 aromatic carbocycles. The van der Waals surface area contributed by atoms with Crippen molar-refractivity contribution in [2.45, 2.75) is 59.9 Å². The van der Waals surface area contributed by atoms with Gasteiger partial charge in [-0.2, -0.15) is 5.26 Å². The van der Waals surface area contributed by atoms with E-state index >= 15 is 0 Å². The second-order valence-electron chi connectivity index (χ2n) is 8.89. The predicted molar refractivity (Wildman–Crippen MR) is 142 cm³/mol. The molecule has 202 valence electrons. The fourth-order valence-corrected chi connectivity index (χ4v) is 3.62. The molecule has 0 bridgehead atoms. The molecule has 1 aromatic heterocycles. The van der Waals surface area contributed by atoms with E-state index in [9.17, 15) is 24.8 Å². The molecule has 10 heteroatoms. The Balaban J connectivity index is 2.35. The van der Waals surface area contributed by atoms with Gasteiger partial charge in [0.25, 0.3) is 5.56 Å². The number of aromatic hydroxyl groups is 1. The first-order valence-corrected chi connectivity index (χ1v) is 12.5. The number of benzene rings is 1. The van der Waals surface area contributed by atoms with Gasteiger partial charge >= 0.3 is 11.9 Å². The fraction of sp³-hybridized carbons (Fsp3) is 0.429. The van der Waals surface area contributed by atoms with E-state index in [1.54, 1.807) is 24.3 Å². The fourth-order valence-electron chi connectivity index (χ4n) is 3.62. The number of carbonyl (C=O) groups is 2. The van der Waals surface area contributed by atoms with Gasteiger partial charge in [0.05, 0.1) is 18.7 Å². The van der Waals surface area contributed by atoms with Gasteiger partial charge in [-0.25, -0.2) is 9.59 Å². The number of unbranched alkanes of at least 4 members (excludes halogenated alkanes) is 1. The van der Waals surface area contributed by atoms with E-state index in [0.29, 0.717) is 6.61 Å². The summed E-state index contributed by atoms with van der Waals surface area (Å²) >= 11 is 0. The zero-order chi connectivity index (χ0) is 28.2. The minimum absolute atomic E-state index is 0.121. The van der Waals surface area contributed by atoms with Crippen LogP contribution in [0.5, 0.6) is 5.88 Å². The van der Waals surface area contributed by atoms with Crippen LogP contribution in [-0.4, -0.2) is 34.8 Å². The number of azo groups is 1. The first-order chi connectivity index (χ1) is 18.2. The Labute approximate surface area is 222 Å². The molecule has 0 fully saturated rings. The summed E-state index contributed by atoms with van der Waals surface area (Å²) in [6, 6.07) is 8.31. The molecule has 10 nitrogen and oxygen atoms in total. The maximum atomic E-state index is 13.1. The highest BCUT2D eigenvalue weighted by molar-refractivity contribution is 5.94. The van der Waals surface area contributed by atoms with Crippen molar-refractivity contribution in [2.24, 2.45) is 16.1 Å². The number of aromatic nitrogens is 1. The first kappa shape index (κ1) is 30.0. The Morgan fingerprint density at radius 3 is 2.55 bits per heavy atom. The summed E-state index contributed by atoms with van der Waals surface area (Å²) in [5, 5.41) is 28.2. The molecule has 0 aliphatic rings. The standard InChI is InChI=1S/C28H34N4O6/c1-6-8-11-20(7-2)17-38-28(36)21-12-9-10-13-23(21)30-31-24-19(5)22(16-29)25(33)32(26(24)34)14-15-37-27(35)18(3)4/h9-10,12-13,20,33H,3,6-8,11,14-15,17H2,1-2,4-5H3. The van der Waals surface area contributed by atoms with Gasteiger partial charge in [0.2, 0.25) is 5.88 Å². The van der Waals surface area contributed by atoms with Crippen LogP contribution in [0.25, 0.3) is 0 Å². The van der Waals surface area contributed by atoms with Crippen LogP contribution in [0.1, 0.15) is 67.9 Å². The van der Waals surface area contributed by atoms with Crippen molar-refractivity contribution in [2.75, 3.05) is 13.2 Å². The normalized spacial score (nSPS) is 11.7. The topological polar surface area (TPSA) is 143 Å². The molecular formula is C28H34N4O6. The van der Waals surface area contributed by atoms with Crippen molar-refractivity contribution < 1.29 is 24.2 Å². The summed E-state index contributed by atoms with van der Waals surface area (Å²) in [5.74, 6) is -1.50. The van der Waals surface area contributed by atoms with Gasteiger partial charge in [-0.3, -0.25) is 9.36 Å². The van der Waals surface area contributed by atoms with Crippen LogP contribution < -0.4 is 5.56 Å². The summed E-state index contributed by atoms with van der Waals surface area (Å²) in [6.07, 6.45) is 4.00. The van der Waals surface area contributed by atoms with Gasteiger partial charge in [0.1, 0.15) is 23.9 Å². The zero-order valence-corrected chi connectivity index (χ0v) is 22.3. The number of pyridine rings is 1. The first-order valence-electron chi connectivity index (χ1n) is 12.5. The van der Waals surface area contributed by atoms with Crippen LogP contribution in [0.15, 0.2) is 51.4 Å². The lowest BCUT2D eigenvalue weighted by Gasteiger charge is -2.15. The summed E-state index contributed by atoms with van der Waals surface area (Å²) in [5.41, 5.74) is -0.431. The van der Waals surface area contributed by atoms with Crippen LogP contribution in [-0.2, 0) is 20.8 Å². The van der Waals surface area contributed by atoms with Crippen molar-refractivity contribution >= 4 is 23.3 Å². The molecule has 0 spiro atoms. The third kappa shape index (κ3) is 7.62. The molecule has 2 aromatic rings. The summed E-state index contributed by atoms with van der Waals surface area (Å²) in [6.45, 7) is 10.4. The average molecular weight is 523 g/mol. The molecular weight excluding hydrogens is 488 g/mol. The van der Waals surface area contributed by atoms with Gasteiger partial charge < -0.3 is 14.6 Å².